The highest BCUT2D eigenvalue weighted by molar-refractivity contribution is 5.85. The summed E-state index contributed by atoms with van der Waals surface area (Å²) < 4.78 is 7.81. The second kappa shape index (κ2) is 8.06. The average Bonchev–Trinajstić information content (AvgIpc) is 3.12. The lowest BCUT2D eigenvalue weighted by Crippen LogP contribution is -2.45. The summed E-state index contributed by atoms with van der Waals surface area (Å²) in [4.78, 5) is 15.0. The summed E-state index contributed by atoms with van der Waals surface area (Å²) in [7, 11) is 1.93. The molecule has 6 nitrogen and oxygen atoms in total. The lowest BCUT2D eigenvalue weighted by atomic mass is 9.89. The molecule has 2 aliphatic heterocycles. The standard InChI is InChI=1S/C18H28N4O2.ClH/c1-21-11-14(8-20-21)16-9-19-10-17(16)18(23)22-6-4-15(5-7-22)24-12-13-2-3-13;/h8,11,13,15-17,19H,2-7,9-10,12H2,1H3;1H/t16-,17+;/m1./s1. The second-order valence-corrected chi connectivity index (χ2v) is 7.62. The molecule has 1 N–H and O–H groups in total. The van der Waals surface area contributed by atoms with Crippen molar-refractivity contribution in [3.05, 3.63) is 18.0 Å². The molecule has 0 bridgehead atoms. The number of amides is 1. The van der Waals surface area contributed by atoms with Gasteiger partial charge in [0.15, 0.2) is 0 Å². The van der Waals surface area contributed by atoms with Crippen LogP contribution in [0.25, 0.3) is 0 Å². The molecule has 140 valence electrons. The van der Waals surface area contributed by atoms with E-state index in [1.165, 1.54) is 18.4 Å². The number of rotatable bonds is 5. The monoisotopic (exact) mass is 368 g/mol. The Morgan fingerprint density at radius 3 is 2.68 bits per heavy atom. The lowest BCUT2D eigenvalue weighted by molar-refractivity contribution is -0.138. The van der Waals surface area contributed by atoms with Crippen LogP contribution in [0.15, 0.2) is 12.4 Å². The van der Waals surface area contributed by atoms with Gasteiger partial charge < -0.3 is 15.0 Å². The Labute approximate surface area is 155 Å². The summed E-state index contributed by atoms with van der Waals surface area (Å²) in [5.74, 6) is 1.40. The first-order valence-corrected chi connectivity index (χ1v) is 9.30. The molecular formula is C18H29ClN4O2. The third-order valence-corrected chi connectivity index (χ3v) is 5.70. The van der Waals surface area contributed by atoms with E-state index in [0.717, 1.165) is 51.5 Å². The van der Waals surface area contributed by atoms with Crippen LogP contribution in [0.4, 0.5) is 0 Å². The van der Waals surface area contributed by atoms with Gasteiger partial charge in [0, 0.05) is 51.9 Å². The molecule has 1 saturated carbocycles. The van der Waals surface area contributed by atoms with E-state index in [1.54, 1.807) is 0 Å². The highest BCUT2D eigenvalue weighted by Crippen LogP contribution is 2.32. The van der Waals surface area contributed by atoms with Gasteiger partial charge in [-0.1, -0.05) is 0 Å². The van der Waals surface area contributed by atoms with Gasteiger partial charge in [0.1, 0.15) is 0 Å². The Bertz CT molecular complexity index is 581. The van der Waals surface area contributed by atoms with Gasteiger partial charge in [0.05, 0.1) is 18.2 Å². The number of ether oxygens (including phenoxy) is 1. The van der Waals surface area contributed by atoms with Crippen LogP contribution in [-0.2, 0) is 16.6 Å². The van der Waals surface area contributed by atoms with E-state index in [-0.39, 0.29) is 24.2 Å². The van der Waals surface area contributed by atoms with Gasteiger partial charge >= 0.3 is 0 Å². The third-order valence-electron chi connectivity index (χ3n) is 5.70. The number of hydrogen-bond donors (Lipinski definition) is 1. The highest BCUT2D eigenvalue weighted by Gasteiger charge is 2.38. The molecule has 0 aromatic carbocycles. The maximum atomic E-state index is 13.0. The Morgan fingerprint density at radius 2 is 2.04 bits per heavy atom. The van der Waals surface area contributed by atoms with Gasteiger partial charge in [-0.25, -0.2) is 0 Å². The second-order valence-electron chi connectivity index (χ2n) is 7.62. The summed E-state index contributed by atoms with van der Waals surface area (Å²) in [5, 5.41) is 7.65. The molecule has 4 rings (SSSR count). The fourth-order valence-electron chi connectivity index (χ4n) is 3.95. The number of halogens is 1. The van der Waals surface area contributed by atoms with Crippen LogP contribution < -0.4 is 5.32 Å². The Morgan fingerprint density at radius 1 is 1.28 bits per heavy atom. The molecule has 0 spiro atoms. The fraction of sp³-hybridized carbons (Fsp3) is 0.778. The van der Waals surface area contributed by atoms with Crippen LogP contribution in [0.5, 0.6) is 0 Å². The molecule has 25 heavy (non-hydrogen) atoms. The van der Waals surface area contributed by atoms with Gasteiger partial charge in [-0.3, -0.25) is 9.48 Å². The van der Waals surface area contributed by atoms with Gasteiger partial charge in [-0.2, -0.15) is 5.10 Å². The van der Waals surface area contributed by atoms with Crippen molar-refractivity contribution in [1.82, 2.24) is 20.0 Å². The van der Waals surface area contributed by atoms with E-state index < -0.39 is 0 Å². The van der Waals surface area contributed by atoms with E-state index in [4.69, 9.17) is 4.74 Å². The molecule has 7 heteroatoms. The van der Waals surface area contributed by atoms with Crippen molar-refractivity contribution >= 4 is 18.3 Å². The molecular weight excluding hydrogens is 340 g/mol. The van der Waals surface area contributed by atoms with Crippen LogP contribution in [0.3, 0.4) is 0 Å². The maximum absolute atomic E-state index is 13.0. The summed E-state index contributed by atoms with van der Waals surface area (Å²) >= 11 is 0. The normalized spacial score (nSPS) is 27.3. The zero-order valence-electron chi connectivity index (χ0n) is 14.9. The smallest absolute Gasteiger partial charge is 0.227 e. The zero-order valence-corrected chi connectivity index (χ0v) is 15.7. The molecule has 3 fully saturated rings. The van der Waals surface area contributed by atoms with E-state index in [2.05, 4.69) is 15.3 Å². The van der Waals surface area contributed by atoms with Crippen LogP contribution in [0.2, 0.25) is 0 Å². The molecule has 0 radical (unpaired) electrons. The van der Waals surface area contributed by atoms with Crippen LogP contribution in [0.1, 0.15) is 37.2 Å². The fourth-order valence-corrected chi connectivity index (χ4v) is 3.95. The van der Waals surface area contributed by atoms with Crippen molar-refractivity contribution in [2.75, 3.05) is 32.8 Å². The van der Waals surface area contributed by atoms with Crippen molar-refractivity contribution in [1.29, 1.82) is 0 Å². The molecule has 1 amide bonds. The van der Waals surface area contributed by atoms with Gasteiger partial charge in [0.25, 0.3) is 0 Å². The molecule has 3 heterocycles. The summed E-state index contributed by atoms with van der Waals surface area (Å²) in [5.41, 5.74) is 1.17. The average molecular weight is 369 g/mol. The summed E-state index contributed by atoms with van der Waals surface area (Å²) in [6.07, 6.45) is 8.92. The Hall–Kier alpha value is -1.11. The van der Waals surface area contributed by atoms with Crippen LogP contribution in [-0.4, -0.2) is 59.5 Å². The number of piperidine rings is 1. The van der Waals surface area contributed by atoms with E-state index in [0.29, 0.717) is 12.0 Å². The Balaban J connectivity index is 0.00000182. The van der Waals surface area contributed by atoms with E-state index in [9.17, 15) is 4.79 Å². The first-order valence-electron chi connectivity index (χ1n) is 9.30. The highest BCUT2D eigenvalue weighted by atomic mass is 35.5. The summed E-state index contributed by atoms with van der Waals surface area (Å²) in [6, 6.07) is 0. The molecule has 2 saturated heterocycles. The minimum atomic E-state index is 0. The molecule has 1 aromatic rings. The lowest BCUT2D eigenvalue weighted by Gasteiger charge is -2.34. The Kier molecular flexibility index (Phi) is 6.02. The number of aromatic nitrogens is 2. The third kappa shape index (κ3) is 4.36. The molecule has 1 aromatic heterocycles. The molecule has 2 atom stereocenters. The molecule has 3 aliphatic rings. The number of likely N-dealkylation sites (tertiary alicyclic amines) is 1. The predicted molar refractivity (Wildman–Crippen MR) is 97.8 cm³/mol. The van der Waals surface area contributed by atoms with E-state index >= 15 is 0 Å². The molecule has 0 unspecified atom stereocenters. The van der Waals surface area contributed by atoms with Crippen LogP contribution >= 0.6 is 12.4 Å². The number of nitrogens with one attached hydrogen (secondary N) is 1. The van der Waals surface area contributed by atoms with Crippen LogP contribution in [0, 0.1) is 11.8 Å². The van der Waals surface area contributed by atoms with Crippen molar-refractivity contribution in [2.45, 2.75) is 37.7 Å². The minimum Gasteiger partial charge on any atom is -0.378 e. The van der Waals surface area contributed by atoms with Gasteiger partial charge in [-0.15, -0.1) is 12.4 Å². The largest absolute Gasteiger partial charge is 0.378 e. The van der Waals surface area contributed by atoms with Gasteiger partial charge in [0.2, 0.25) is 5.91 Å². The van der Waals surface area contributed by atoms with Crippen molar-refractivity contribution in [3.63, 3.8) is 0 Å². The SMILES string of the molecule is Cl.Cn1cc([C@H]2CNC[C@@H]2C(=O)N2CCC(OCC3CC3)CC2)cn1. The van der Waals surface area contributed by atoms with E-state index in [1.807, 2.05) is 24.1 Å². The maximum Gasteiger partial charge on any atom is 0.227 e. The minimum absolute atomic E-state index is 0. The quantitative estimate of drug-likeness (QED) is 0.857. The van der Waals surface area contributed by atoms with Crippen molar-refractivity contribution in [2.24, 2.45) is 18.9 Å². The predicted octanol–water partition coefficient (Wildman–Crippen LogP) is 1.56. The zero-order chi connectivity index (χ0) is 16.5. The summed E-state index contributed by atoms with van der Waals surface area (Å²) in [6.45, 7) is 4.24. The van der Waals surface area contributed by atoms with Crippen molar-refractivity contribution in [3.8, 4) is 0 Å². The number of aryl methyl sites for hydroxylation is 1. The first-order chi connectivity index (χ1) is 11.7. The first kappa shape index (κ1) is 18.7. The topological polar surface area (TPSA) is 59.4 Å². The van der Waals surface area contributed by atoms with Gasteiger partial charge in [-0.05, 0) is 37.2 Å². The number of carbonyl (C=O) groups excluding carboxylic acids is 1. The molecule has 1 aliphatic carbocycles. The number of carbonyl (C=O) groups is 1. The number of hydrogen-bond acceptors (Lipinski definition) is 4. The number of nitrogens with zero attached hydrogens (tertiary/aromatic N) is 3. The van der Waals surface area contributed by atoms with Crippen molar-refractivity contribution < 1.29 is 9.53 Å².